The first-order chi connectivity index (χ1) is 8.37. The van der Waals surface area contributed by atoms with Crippen molar-refractivity contribution in [2.75, 3.05) is 11.5 Å². The van der Waals surface area contributed by atoms with E-state index in [1.807, 2.05) is 0 Å². The largest absolute Gasteiger partial charge is 0.489 e. The zero-order valence-electron chi connectivity index (χ0n) is 9.97. The van der Waals surface area contributed by atoms with Crippen molar-refractivity contribution in [3.05, 3.63) is 29.6 Å². The molecule has 1 saturated heterocycles. The van der Waals surface area contributed by atoms with Crippen molar-refractivity contribution >= 4 is 9.84 Å². The van der Waals surface area contributed by atoms with Crippen LogP contribution in [0.15, 0.2) is 18.2 Å². The maximum Gasteiger partial charge on any atom is 0.154 e. The Kier molecular flexibility index (Phi) is 3.59. The first-order valence-corrected chi connectivity index (χ1v) is 7.54. The van der Waals surface area contributed by atoms with E-state index in [0.717, 1.165) is 0 Å². The first-order valence-electron chi connectivity index (χ1n) is 5.72. The minimum Gasteiger partial charge on any atom is -0.489 e. The number of benzene rings is 1. The van der Waals surface area contributed by atoms with Crippen LogP contribution in [0.2, 0.25) is 0 Å². The molecule has 4 nitrogen and oxygen atoms in total. The van der Waals surface area contributed by atoms with Crippen LogP contribution in [0.4, 0.5) is 4.39 Å². The summed E-state index contributed by atoms with van der Waals surface area (Å²) in [6.45, 7) is 1.47. The number of aliphatic hydroxyl groups excluding tert-OH is 1. The highest BCUT2D eigenvalue weighted by Gasteiger charge is 2.29. The van der Waals surface area contributed by atoms with Gasteiger partial charge in [-0.2, -0.15) is 0 Å². The third-order valence-electron chi connectivity index (χ3n) is 2.92. The topological polar surface area (TPSA) is 63.6 Å². The summed E-state index contributed by atoms with van der Waals surface area (Å²) in [6.07, 6.45) is -0.861. The van der Waals surface area contributed by atoms with Gasteiger partial charge in [0.15, 0.2) is 9.84 Å². The van der Waals surface area contributed by atoms with Gasteiger partial charge in [0.25, 0.3) is 0 Å². The van der Waals surface area contributed by atoms with Crippen LogP contribution in [-0.4, -0.2) is 31.1 Å². The van der Waals surface area contributed by atoms with Crippen LogP contribution < -0.4 is 4.74 Å². The fourth-order valence-electron chi connectivity index (χ4n) is 1.97. The average molecular weight is 274 g/mol. The Morgan fingerprint density at radius 2 is 2.22 bits per heavy atom. The van der Waals surface area contributed by atoms with Crippen LogP contribution in [0.5, 0.6) is 5.75 Å². The zero-order valence-corrected chi connectivity index (χ0v) is 10.8. The molecule has 0 spiro atoms. The SMILES string of the molecule is C[C@@H](O)c1ccc(OC2CCS(=O)(=O)C2)cc1F. The van der Waals surface area contributed by atoms with E-state index in [0.29, 0.717) is 12.2 Å². The predicted molar refractivity (Wildman–Crippen MR) is 64.7 cm³/mol. The van der Waals surface area contributed by atoms with Gasteiger partial charge in [0, 0.05) is 11.6 Å². The van der Waals surface area contributed by atoms with Crippen LogP contribution in [0.3, 0.4) is 0 Å². The quantitative estimate of drug-likeness (QED) is 0.906. The van der Waals surface area contributed by atoms with Crippen LogP contribution in [-0.2, 0) is 9.84 Å². The standard InChI is InChI=1S/C12H15FO4S/c1-8(14)11-3-2-9(6-12(11)13)17-10-4-5-18(15,16)7-10/h2-3,6,8,10,14H,4-5,7H2,1H3/t8-,10?/m1/s1. The van der Waals surface area contributed by atoms with Crippen LogP contribution in [0.25, 0.3) is 0 Å². The molecule has 1 N–H and O–H groups in total. The van der Waals surface area contributed by atoms with Crippen molar-refractivity contribution < 1.29 is 22.7 Å². The second-order valence-electron chi connectivity index (χ2n) is 4.50. The Balaban J connectivity index is 2.09. The fraction of sp³-hybridized carbons (Fsp3) is 0.500. The smallest absolute Gasteiger partial charge is 0.154 e. The maximum atomic E-state index is 13.6. The van der Waals surface area contributed by atoms with E-state index in [4.69, 9.17) is 4.74 Å². The number of halogens is 1. The second kappa shape index (κ2) is 4.85. The molecule has 0 aromatic heterocycles. The van der Waals surface area contributed by atoms with E-state index < -0.39 is 27.9 Å². The lowest BCUT2D eigenvalue weighted by Gasteiger charge is -2.13. The summed E-state index contributed by atoms with van der Waals surface area (Å²) < 4.78 is 41.5. The van der Waals surface area contributed by atoms with Gasteiger partial charge in [0.1, 0.15) is 17.7 Å². The molecule has 1 unspecified atom stereocenters. The summed E-state index contributed by atoms with van der Waals surface area (Å²) in [4.78, 5) is 0. The Hall–Kier alpha value is -1.14. The van der Waals surface area contributed by atoms with E-state index in [1.165, 1.54) is 25.1 Å². The molecule has 1 aliphatic rings. The molecule has 18 heavy (non-hydrogen) atoms. The summed E-state index contributed by atoms with van der Waals surface area (Å²) in [5, 5.41) is 9.29. The molecule has 0 aliphatic carbocycles. The zero-order chi connectivity index (χ0) is 13.3. The molecule has 1 aliphatic heterocycles. The van der Waals surface area contributed by atoms with Crippen LogP contribution >= 0.6 is 0 Å². The summed E-state index contributed by atoms with van der Waals surface area (Å²) in [6, 6.07) is 4.15. The highest BCUT2D eigenvalue weighted by molar-refractivity contribution is 7.91. The van der Waals surface area contributed by atoms with E-state index in [2.05, 4.69) is 0 Å². The Morgan fingerprint density at radius 3 is 2.72 bits per heavy atom. The van der Waals surface area contributed by atoms with Gasteiger partial charge in [-0.3, -0.25) is 0 Å². The maximum absolute atomic E-state index is 13.6. The molecule has 0 radical (unpaired) electrons. The lowest BCUT2D eigenvalue weighted by atomic mass is 10.1. The molecule has 100 valence electrons. The summed E-state index contributed by atoms with van der Waals surface area (Å²) in [5.74, 6) is -0.166. The van der Waals surface area contributed by atoms with Crippen molar-refractivity contribution in [3.8, 4) is 5.75 Å². The van der Waals surface area contributed by atoms with E-state index in [-0.39, 0.29) is 17.1 Å². The van der Waals surface area contributed by atoms with Gasteiger partial charge in [-0.05, 0) is 25.5 Å². The van der Waals surface area contributed by atoms with E-state index in [1.54, 1.807) is 0 Å². The van der Waals surface area contributed by atoms with Gasteiger partial charge in [-0.1, -0.05) is 0 Å². The highest BCUT2D eigenvalue weighted by atomic mass is 32.2. The molecule has 0 saturated carbocycles. The Bertz CT molecular complexity index is 539. The summed E-state index contributed by atoms with van der Waals surface area (Å²) in [5.41, 5.74) is 0.196. The third kappa shape index (κ3) is 3.00. The number of sulfone groups is 1. The molecule has 2 atom stereocenters. The fourth-order valence-corrected chi connectivity index (χ4v) is 3.56. The van der Waals surface area contributed by atoms with Gasteiger partial charge in [0.2, 0.25) is 0 Å². The predicted octanol–water partition coefficient (Wildman–Crippen LogP) is 1.44. The Labute approximate surface area is 105 Å². The minimum atomic E-state index is -3.01. The molecule has 1 aromatic rings. The third-order valence-corrected chi connectivity index (χ3v) is 4.65. The molecule has 0 amide bonds. The lowest BCUT2D eigenvalue weighted by Crippen LogP contribution is -2.17. The average Bonchev–Trinajstić information content (AvgIpc) is 2.57. The van der Waals surface area contributed by atoms with Crippen molar-refractivity contribution in [3.63, 3.8) is 0 Å². The highest BCUT2D eigenvalue weighted by Crippen LogP contribution is 2.24. The van der Waals surface area contributed by atoms with Gasteiger partial charge < -0.3 is 9.84 Å². The molecule has 1 aromatic carbocycles. The normalized spacial score (nSPS) is 23.8. The Morgan fingerprint density at radius 1 is 1.50 bits per heavy atom. The molecule has 2 rings (SSSR count). The number of aliphatic hydroxyl groups is 1. The van der Waals surface area contributed by atoms with Crippen molar-refractivity contribution in [1.29, 1.82) is 0 Å². The molecule has 6 heteroatoms. The number of hydrogen-bond donors (Lipinski definition) is 1. The van der Waals surface area contributed by atoms with Crippen LogP contribution in [0.1, 0.15) is 25.0 Å². The molecular formula is C12H15FO4S. The van der Waals surface area contributed by atoms with E-state index >= 15 is 0 Å². The molecular weight excluding hydrogens is 259 g/mol. The number of hydrogen-bond acceptors (Lipinski definition) is 4. The molecule has 0 bridgehead atoms. The van der Waals surface area contributed by atoms with Gasteiger partial charge in [-0.25, -0.2) is 12.8 Å². The second-order valence-corrected chi connectivity index (χ2v) is 6.73. The summed E-state index contributed by atoms with van der Waals surface area (Å²) in [7, 11) is -3.01. The number of rotatable bonds is 3. The summed E-state index contributed by atoms with van der Waals surface area (Å²) >= 11 is 0. The van der Waals surface area contributed by atoms with E-state index in [9.17, 15) is 17.9 Å². The van der Waals surface area contributed by atoms with Gasteiger partial charge >= 0.3 is 0 Å². The first kappa shape index (κ1) is 13.3. The number of ether oxygens (including phenoxy) is 1. The monoisotopic (exact) mass is 274 g/mol. The lowest BCUT2D eigenvalue weighted by molar-refractivity contribution is 0.193. The van der Waals surface area contributed by atoms with Crippen LogP contribution in [0, 0.1) is 5.82 Å². The van der Waals surface area contributed by atoms with Crippen molar-refractivity contribution in [2.24, 2.45) is 0 Å². The van der Waals surface area contributed by atoms with Crippen molar-refractivity contribution in [2.45, 2.75) is 25.6 Å². The minimum absolute atomic E-state index is 0.0211. The molecule has 1 fully saturated rings. The van der Waals surface area contributed by atoms with Crippen molar-refractivity contribution in [1.82, 2.24) is 0 Å². The van der Waals surface area contributed by atoms with Gasteiger partial charge in [-0.15, -0.1) is 0 Å². The molecule has 1 heterocycles. The van der Waals surface area contributed by atoms with Gasteiger partial charge in [0.05, 0.1) is 17.6 Å².